The topological polar surface area (TPSA) is 73.2 Å². The quantitative estimate of drug-likeness (QED) is 0.586. The molecular weight excluding hydrogens is 437 g/mol. The number of aromatic nitrogens is 2. The van der Waals surface area contributed by atoms with Crippen molar-refractivity contribution in [1.82, 2.24) is 15.1 Å². The van der Waals surface area contributed by atoms with Gasteiger partial charge < -0.3 is 10.1 Å². The summed E-state index contributed by atoms with van der Waals surface area (Å²) in [5.74, 6) is -0.0363. The molecule has 9 heteroatoms. The molecule has 0 saturated carbocycles. The van der Waals surface area contributed by atoms with Crippen LogP contribution in [0.15, 0.2) is 59.4 Å². The number of nitrogens with one attached hydrogen (secondary N) is 1. The van der Waals surface area contributed by atoms with Crippen LogP contribution in [-0.2, 0) is 11.3 Å². The van der Waals surface area contributed by atoms with Gasteiger partial charge in [0, 0.05) is 23.2 Å². The highest BCUT2D eigenvalue weighted by atomic mass is 35.5. The SMILES string of the molecule is O=C(COc1cccc(Cl)c1Cl)NCCn1nc(-c2ccc(Cl)cc2)ccc1=O. The number of rotatable bonds is 7. The minimum Gasteiger partial charge on any atom is -0.482 e. The van der Waals surface area contributed by atoms with Crippen LogP contribution < -0.4 is 15.6 Å². The molecule has 1 aromatic heterocycles. The van der Waals surface area contributed by atoms with E-state index >= 15 is 0 Å². The molecule has 29 heavy (non-hydrogen) atoms. The Morgan fingerprint density at radius 2 is 1.79 bits per heavy atom. The summed E-state index contributed by atoms with van der Waals surface area (Å²) in [5, 5.41) is 8.21. The zero-order valence-electron chi connectivity index (χ0n) is 15.1. The lowest BCUT2D eigenvalue weighted by atomic mass is 10.1. The van der Waals surface area contributed by atoms with E-state index in [4.69, 9.17) is 39.5 Å². The van der Waals surface area contributed by atoms with Gasteiger partial charge in [-0.2, -0.15) is 5.10 Å². The van der Waals surface area contributed by atoms with Crippen LogP contribution in [0.4, 0.5) is 0 Å². The Morgan fingerprint density at radius 1 is 1.03 bits per heavy atom. The predicted octanol–water partition coefficient (Wildman–Crippen LogP) is 4.07. The van der Waals surface area contributed by atoms with Crippen molar-refractivity contribution in [3.63, 3.8) is 0 Å². The lowest BCUT2D eigenvalue weighted by Crippen LogP contribution is -2.34. The summed E-state index contributed by atoms with van der Waals surface area (Å²) in [6, 6.07) is 15.1. The van der Waals surface area contributed by atoms with Crippen molar-refractivity contribution in [1.29, 1.82) is 0 Å². The van der Waals surface area contributed by atoms with Crippen LogP contribution in [0.2, 0.25) is 15.1 Å². The van der Waals surface area contributed by atoms with Crippen molar-refractivity contribution in [2.24, 2.45) is 0 Å². The third kappa shape index (κ3) is 5.73. The van der Waals surface area contributed by atoms with E-state index in [1.807, 2.05) is 12.1 Å². The van der Waals surface area contributed by atoms with E-state index in [0.717, 1.165) is 5.56 Å². The molecule has 0 aliphatic rings. The molecule has 0 aliphatic carbocycles. The van der Waals surface area contributed by atoms with Gasteiger partial charge in [0.05, 0.1) is 17.3 Å². The molecule has 1 amide bonds. The van der Waals surface area contributed by atoms with Crippen LogP contribution in [0.25, 0.3) is 11.3 Å². The summed E-state index contributed by atoms with van der Waals surface area (Å²) < 4.78 is 6.66. The second-order valence-corrected chi connectivity index (χ2v) is 7.20. The number of benzene rings is 2. The molecule has 2 aromatic carbocycles. The fourth-order valence-corrected chi connectivity index (χ4v) is 2.95. The van der Waals surface area contributed by atoms with Gasteiger partial charge in [-0.05, 0) is 30.3 Å². The van der Waals surface area contributed by atoms with Gasteiger partial charge in [-0.15, -0.1) is 0 Å². The average Bonchev–Trinajstić information content (AvgIpc) is 2.71. The van der Waals surface area contributed by atoms with Gasteiger partial charge in [0.2, 0.25) is 0 Å². The van der Waals surface area contributed by atoms with Gasteiger partial charge in [-0.1, -0.05) is 53.0 Å². The lowest BCUT2D eigenvalue weighted by Gasteiger charge is -2.10. The van der Waals surface area contributed by atoms with Gasteiger partial charge in [0.1, 0.15) is 10.8 Å². The van der Waals surface area contributed by atoms with Crippen LogP contribution in [0.1, 0.15) is 0 Å². The monoisotopic (exact) mass is 451 g/mol. The first-order valence-corrected chi connectivity index (χ1v) is 9.75. The van der Waals surface area contributed by atoms with Crippen molar-refractivity contribution < 1.29 is 9.53 Å². The Bertz CT molecular complexity index is 1070. The number of hydrogen-bond acceptors (Lipinski definition) is 4. The predicted molar refractivity (Wildman–Crippen MR) is 114 cm³/mol. The highest BCUT2D eigenvalue weighted by molar-refractivity contribution is 6.42. The molecular formula is C20H16Cl3N3O3. The van der Waals surface area contributed by atoms with Crippen LogP contribution in [0.5, 0.6) is 5.75 Å². The van der Waals surface area contributed by atoms with E-state index in [2.05, 4.69) is 10.4 Å². The summed E-state index contributed by atoms with van der Waals surface area (Å²) >= 11 is 17.8. The van der Waals surface area contributed by atoms with E-state index in [1.165, 1.54) is 10.7 Å². The molecule has 3 aromatic rings. The Kier molecular flexibility index (Phi) is 7.14. The maximum Gasteiger partial charge on any atom is 0.266 e. The first kappa shape index (κ1) is 21.2. The lowest BCUT2D eigenvalue weighted by molar-refractivity contribution is -0.123. The van der Waals surface area contributed by atoms with Gasteiger partial charge in [-0.3, -0.25) is 9.59 Å². The summed E-state index contributed by atoms with van der Waals surface area (Å²) in [7, 11) is 0. The molecule has 0 fully saturated rings. The maximum atomic E-state index is 12.0. The van der Waals surface area contributed by atoms with Gasteiger partial charge in [0.15, 0.2) is 6.61 Å². The zero-order valence-corrected chi connectivity index (χ0v) is 17.3. The highest BCUT2D eigenvalue weighted by Crippen LogP contribution is 2.31. The molecule has 6 nitrogen and oxygen atoms in total. The van der Waals surface area contributed by atoms with Crippen molar-refractivity contribution >= 4 is 40.7 Å². The molecule has 0 unspecified atom stereocenters. The third-order valence-corrected chi connectivity index (χ3v) is 4.98. The van der Waals surface area contributed by atoms with E-state index in [1.54, 1.807) is 36.4 Å². The third-order valence-electron chi connectivity index (χ3n) is 3.93. The van der Waals surface area contributed by atoms with Crippen LogP contribution >= 0.6 is 34.8 Å². The van der Waals surface area contributed by atoms with E-state index in [9.17, 15) is 9.59 Å². The zero-order chi connectivity index (χ0) is 20.8. The summed E-state index contributed by atoms with van der Waals surface area (Å²) in [5.41, 5.74) is 1.20. The Hall–Kier alpha value is -2.54. The molecule has 1 N–H and O–H groups in total. The van der Waals surface area contributed by atoms with Gasteiger partial charge in [-0.25, -0.2) is 4.68 Å². The summed E-state index contributed by atoms with van der Waals surface area (Å²) in [6.07, 6.45) is 0. The number of halogens is 3. The van der Waals surface area contributed by atoms with E-state index in [-0.39, 0.29) is 36.2 Å². The molecule has 0 aliphatic heterocycles. The average molecular weight is 453 g/mol. The molecule has 0 spiro atoms. The van der Waals surface area contributed by atoms with Crippen LogP contribution in [0.3, 0.4) is 0 Å². The first-order valence-electron chi connectivity index (χ1n) is 8.61. The number of carbonyl (C=O) groups is 1. The highest BCUT2D eigenvalue weighted by Gasteiger charge is 2.09. The minimum atomic E-state index is -0.358. The number of carbonyl (C=O) groups excluding carboxylic acids is 1. The molecule has 0 bridgehead atoms. The Balaban J connectivity index is 1.55. The number of ether oxygens (including phenoxy) is 1. The van der Waals surface area contributed by atoms with Crippen molar-refractivity contribution in [2.45, 2.75) is 6.54 Å². The largest absolute Gasteiger partial charge is 0.482 e. The standard InChI is InChI=1S/C20H16Cl3N3O3/c21-14-6-4-13(5-7-14)16-8-9-19(28)26(25-16)11-10-24-18(27)12-29-17-3-1-2-15(22)20(17)23/h1-9H,10-12H2,(H,24,27). The molecule has 0 radical (unpaired) electrons. The van der Waals surface area contributed by atoms with Crippen LogP contribution in [-0.4, -0.2) is 28.8 Å². The van der Waals surface area contributed by atoms with Gasteiger partial charge in [0.25, 0.3) is 11.5 Å². The Labute approximate surface area is 182 Å². The smallest absolute Gasteiger partial charge is 0.266 e. The van der Waals surface area contributed by atoms with E-state index < -0.39 is 0 Å². The van der Waals surface area contributed by atoms with Crippen molar-refractivity contribution in [2.75, 3.05) is 13.2 Å². The number of hydrogen-bond donors (Lipinski definition) is 1. The van der Waals surface area contributed by atoms with Crippen molar-refractivity contribution in [3.8, 4) is 17.0 Å². The number of nitrogens with zero attached hydrogens (tertiary/aromatic N) is 2. The van der Waals surface area contributed by atoms with E-state index in [0.29, 0.717) is 21.5 Å². The minimum absolute atomic E-state index is 0.211. The first-order chi connectivity index (χ1) is 13.9. The number of amides is 1. The molecule has 150 valence electrons. The van der Waals surface area contributed by atoms with Crippen LogP contribution in [0, 0.1) is 0 Å². The molecule has 0 saturated heterocycles. The second-order valence-electron chi connectivity index (χ2n) is 5.98. The fraction of sp³-hybridized carbons (Fsp3) is 0.150. The molecule has 3 rings (SSSR count). The van der Waals surface area contributed by atoms with Gasteiger partial charge >= 0.3 is 0 Å². The normalized spacial score (nSPS) is 10.6. The molecule has 1 heterocycles. The second kappa shape index (κ2) is 9.78. The van der Waals surface area contributed by atoms with Crippen molar-refractivity contribution in [3.05, 3.63) is 80.0 Å². The summed E-state index contributed by atoms with van der Waals surface area (Å²) in [4.78, 5) is 24.0. The maximum absolute atomic E-state index is 12.0. The summed E-state index contributed by atoms with van der Waals surface area (Å²) in [6.45, 7) is 0.194. The fourth-order valence-electron chi connectivity index (χ4n) is 2.47. The Morgan fingerprint density at radius 3 is 2.55 bits per heavy atom. The molecule has 0 atom stereocenters.